The van der Waals surface area contributed by atoms with Gasteiger partial charge in [-0.3, -0.25) is 4.79 Å². The second-order valence-electron chi connectivity index (χ2n) is 6.31. The highest BCUT2D eigenvalue weighted by Crippen LogP contribution is 2.25. The van der Waals surface area contributed by atoms with Crippen molar-refractivity contribution in [3.05, 3.63) is 23.8 Å². The molecule has 0 aliphatic rings. The summed E-state index contributed by atoms with van der Waals surface area (Å²) >= 11 is 0. The van der Waals surface area contributed by atoms with Gasteiger partial charge in [0, 0.05) is 12.8 Å². The van der Waals surface area contributed by atoms with Crippen LogP contribution in [0.5, 0.6) is 5.75 Å². The van der Waals surface area contributed by atoms with Gasteiger partial charge in [0.2, 0.25) is 0 Å². The summed E-state index contributed by atoms with van der Waals surface area (Å²) in [6.07, 6.45) is 3.84. The third-order valence-electron chi connectivity index (χ3n) is 4.27. The molecule has 130 valence electrons. The molecule has 0 aliphatic carbocycles. The average Bonchev–Trinajstić information content (AvgIpc) is 2.54. The van der Waals surface area contributed by atoms with Gasteiger partial charge in [0.25, 0.3) is 5.91 Å². The molecule has 1 aromatic rings. The van der Waals surface area contributed by atoms with Crippen LogP contribution in [0.4, 0.5) is 5.69 Å². The molecule has 0 aliphatic heterocycles. The predicted octanol–water partition coefficient (Wildman–Crippen LogP) is 4.71. The molecule has 0 fully saturated rings. The van der Waals surface area contributed by atoms with E-state index in [2.05, 4.69) is 19.2 Å². The van der Waals surface area contributed by atoms with E-state index in [1.54, 1.807) is 7.11 Å². The lowest BCUT2D eigenvalue weighted by atomic mass is 9.97. The summed E-state index contributed by atoms with van der Waals surface area (Å²) in [4.78, 5) is 12.5. The number of aryl methyl sites for hydroxylation is 1. The van der Waals surface area contributed by atoms with Gasteiger partial charge < -0.3 is 14.8 Å². The highest BCUT2D eigenvalue weighted by atomic mass is 16.5. The summed E-state index contributed by atoms with van der Waals surface area (Å²) in [5, 5.41) is 2.96. The van der Waals surface area contributed by atoms with Crippen LogP contribution in [-0.4, -0.2) is 24.7 Å². The van der Waals surface area contributed by atoms with E-state index in [1.807, 2.05) is 39.0 Å². The number of methoxy groups -OCH3 is 1. The van der Waals surface area contributed by atoms with E-state index < -0.39 is 5.60 Å². The van der Waals surface area contributed by atoms with Crippen molar-refractivity contribution in [1.82, 2.24) is 0 Å². The highest BCUT2D eigenvalue weighted by molar-refractivity contribution is 5.97. The smallest absolute Gasteiger partial charge is 0.256 e. The number of rotatable bonds is 9. The zero-order valence-electron chi connectivity index (χ0n) is 15.4. The van der Waals surface area contributed by atoms with Crippen LogP contribution in [0.3, 0.4) is 0 Å². The molecule has 0 heterocycles. The lowest BCUT2D eigenvalue weighted by Crippen LogP contribution is -2.41. The zero-order valence-corrected chi connectivity index (χ0v) is 15.4. The maximum absolute atomic E-state index is 12.5. The monoisotopic (exact) mass is 321 g/mol. The number of unbranched alkanes of at least 4 members (excludes halogenated alkanes) is 1. The van der Waals surface area contributed by atoms with Crippen molar-refractivity contribution < 1.29 is 14.3 Å². The van der Waals surface area contributed by atoms with Crippen molar-refractivity contribution in [2.75, 3.05) is 12.4 Å². The second kappa shape index (κ2) is 8.92. The van der Waals surface area contributed by atoms with E-state index in [-0.39, 0.29) is 12.0 Å². The molecule has 4 nitrogen and oxygen atoms in total. The number of anilines is 1. The van der Waals surface area contributed by atoms with Crippen LogP contribution in [-0.2, 0) is 9.53 Å². The van der Waals surface area contributed by atoms with Crippen LogP contribution in [0.1, 0.15) is 58.9 Å². The van der Waals surface area contributed by atoms with Gasteiger partial charge in [0.1, 0.15) is 11.4 Å². The van der Waals surface area contributed by atoms with Gasteiger partial charge in [-0.25, -0.2) is 0 Å². The molecule has 0 aromatic heterocycles. The summed E-state index contributed by atoms with van der Waals surface area (Å²) in [5.41, 5.74) is 0.982. The Bertz CT molecular complexity index is 515. The molecular weight excluding hydrogens is 290 g/mol. The normalized spacial score (nSPS) is 14.9. The van der Waals surface area contributed by atoms with Crippen molar-refractivity contribution in [3.63, 3.8) is 0 Å². The second-order valence-corrected chi connectivity index (χ2v) is 6.31. The molecule has 0 saturated carbocycles. The van der Waals surface area contributed by atoms with Crippen molar-refractivity contribution >= 4 is 11.6 Å². The van der Waals surface area contributed by atoms with Crippen LogP contribution in [0.15, 0.2) is 18.2 Å². The van der Waals surface area contributed by atoms with E-state index in [4.69, 9.17) is 9.47 Å². The van der Waals surface area contributed by atoms with E-state index in [1.165, 1.54) is 0 Å². The third-order valence-corrected chi connectivity index (χ3v) is 4.27. The van der Waals surface area contributed by atoms with Gasteiger partial charge in [0.15, 0.2) is 0 Å². The van der Waals surface area contributed by atoms with Crippen LogP contribution in [0.2, 0.25) is 0 Å². The largest absolute Gasteiger partial charge is 0.490 e. The SMILES string of the molecule is CCCCC(C)(OC)C(=O)Nc1ccc(OC(C)CC)c(C)c1. The molecule has 0 saturated heterocycles. The Kier molecular flexibility index (Phi) is 7.56. The number of hydrogen-bond acceptors (Lipinski definition) is 3. The number of nitrogens with one attached hydrogen (secondary N) is 1. The third kappa shape index (κ3) is 5.54. The minimum atomic E-state index is -0.796. The summed E-state index contributed by atoms with van der Waals surface area (Å²) < 4.78 is 11.3. The van der Waals surface area contributed by atoms with Crippen LogP contribution >= 0.6 is 0 Å². The molecule has 1 N–H and O–H groups in total. The summed E-state index contributed by atoms with van der Waals surface area (Å²) in [5.74, 6) is 0.751. The number of ether oxygens (including phenoxy) is 2. The Labute approximate surface area is 140 Å². The minimum Gasteiger partial charge on any atom is -0.490 e. The van der Waals surface area contributed by atoms with Crippen LogP contribution in [0.25, 0.3) is 0 Å². The molecular formula is C19H31NO3. The standard InChI is InChI=1S/C19H31NO3/c1-7-9-12-19(5,22-6)18(21)20-16-10-11-17(14(3)13-16)23-15(4)8-2/h10-11,13,15H,7-9,12H2,1-6H3,(H,20,21). The topological polar surface area (TPSA) is 47.6 Å². The van der Waals surface area contributed by atoms with Crippen molar-refractivity contribution in [2.45, 2.75) is 72.0 Å². The van der Waals surface area contributed by atoms with E-state index in [9.17, 15) is 4.79 Å². The molecule has 1 aromatic carbocycles. The first-order valence-electron chi connectivity index (χ1n) is 8.50. The van der Waals surface area contributed by atoms with Crippen LogP contribution < -0.4 is 10.1 Å². The maximum atomic E-state index is 12.5. The number of amides is 1. The van der Waals surface area contributed by atoms with Gasteiger partial charge in [0.05, 0.1) is 6.10 Å². The first kappa shape index (κ1) is 19.5. The Morgan fingerprint density at radius 3 is 2.57 bits per heavy atom. The van der Waals surface area contributed by atoms with Gasteiger partial charge >= 0.3 is 0 Å². The molecule has 0 radical (unpaired) electrons. The lowest BCUT2D eigenvalue weighted by Gasteiger charge is -2.27. The molecule has 0 bridgehead atoms. The predicted molar refractivity (Wildman–Crippen MR) is 95.1 cm³/mol. The van der Waals surface area contributed by atoms with Gasteiger partial charge in [-0.2, -0.15) is 0 Å². The van der Waals surface area contributed by atoms with Crippen LogP contribution in [0, 0.1) is 6.92 Å². The van der Waals surface area contributed by atoms with Crippen molar-refractivity contribution in [2.24, 2.45) is 0 Å². The van der Waals surface area contributed by atoms with E-state index in [0.29, 0.717) is 6.42 Å². The Morgan fingerprint density at radius 2 is 2.04 bits per heavy atom. The van der Waals surface area contributed by atoms with Crippen molar-refractivity contribution in [1.29, 1.82) is 0 Å². The molecule has 1 rings (SSSR count). The van der Waals surface area contributed by atoms with Gasteiger partial charge in [-0.05, 0) is 57.4 Å². The fourth-order valence-corrected chi connectivity index (χ4v) is 2.25. The first-order valence-corrected chi connectivity index (χ1v) is 8.50. The number of hydrogen-bond donors (Lipinski definition) is 1. The number of carbonyl (C=O) groups is 1. The zero-order chi connectivity index (χ0) is 17.5. The van der Waals surface area contributed by atoms with Gasteiger partial charge in [-0.1, -0.05) is 26.7 Å². The molecule has 4 heteroatoms. The number of benzene rings is 1. The summed E-state index contributed by atoms with van der Waals surface area (Å²) in [7, 11) is 1.59. The molecule has 23 heavy (non-hydrogen) atoms. The minimum absolute atomic E-state index is 0.108. The summed E-state index contributed by atoms with van der Waals surface area (Å²) in [6, 6.07) is 5.72. The number of carbonyl (C=O) groups excluding carboxylic acids is 1. The Morgan fingerprint density at radius 1 is 1.35 bits per heavy atom. The molecule has 2 unspecified atom stereocenters. The fraction of sp³-hybridized carbons (Fsp3) is 0.632. The lowest BCUT2D eigenvalue weighted by molar-refractivity contribution is -0.136. The average molecular weight is 321 g/mol. The van der Waals surface area contributed by atoms with E-state index in [0.717, 1.165) is 36.3 Å². The van der Waals surface area contributed by atoms with Gasteiger partial charge in [-0.15, -0.1) is 0 Å². The fourth-order valence-electron chi connectivity index (χ4n) is 2.25. The maximum Gasteiger partial charge on any atom is 0.256 e. The summed E-state index contributed by atoms with van der Waals surface area (Å²) in [6.45, 7) is 10.1. The first-order chi connectivity index (χ1) is 10.9. The highest BCUT2D eigenvalue weighted by Gasteiger charge is 2.32. The Balaban J connectivity index is 2.80. The molecule has 2 atom stereocenters. The molecule has 1 amide bonds. The van der Waals surface area contributed by atoms with E-state index >= 15 is 0 Å². The molecule has 0 spiro atoms. The quantitative estimate of drug-likeness (QED) is 0.717. The Hall–Kier alpha value is -1.55. The van der Waals surface area contributed by atoms with Crippen molar-refractivity contribution in [3.8, 4) is 5.75 Å².